The van der Waals surface area contributed by atoms with Crippen LogP contribution in [0.1, 0.15) is 5.56 Å². The molecule has 1 N–H and O–H groups in total. The molecule has 1 aliphatic rings. The highest BCUT2D eigenvalue weighted by Crippen LogP contribution is 2.33. The number of hydrogen-bond donors (Lipinski definition) is 1. The van der Waals surface area contributed by atoms with Crippen molar-refractivity contribution in [1.82, 2.24) is 9.88 Å². The molecule has 4 aromatic rings. The third-order valence-electron chi connectivity index (χ3n) is 5.31. The summed E-state index contributed by atoms with van der Waals surface area (Å²) in [5.41, 5.74) is 2.74. The topological polar surface area (TPSA) is 46.4 Å². The fourth-order valence-electron chi connectivity index (χ4n) is 3.66. The first-order valence-corrected chi connectivity index (χ1v) is 13.6. The Bertz CT molecular complexity index is 1480. The predicted octanol–water partition coefficient (Wildman–Crippen LogP) is 8.29. The average molecular weight is 559 g/mol. The van der Waals surface area contributed by atoms with Gasteiger partial charge in [0.1, 0.15) is 0 Å². The minimum atomic E-state index is -0.177. The molecule has 0 aliphatic carbocycles. The number of benzene rings is 3. The summed E-state index contributed by atoms with van der Waals surface area (Å²) in [6.07, 6.45) is 4.02. The largest absolute Gasteiger partial charge is 0.346 e. The molecule has 0 saturated carbocycles. The maximum Gasteiger partial charge on any atom is 0.264 e. The van der Waals surface area contributed by atoms with Crippen molar-refractivity contribution in [3.8, 4) is 0 Å². The van der Waals surface area contributed by atoms with Crippen molar-refractivity contribution in [2.75, 3.05) is 5.75 Å². The van der Waals surface area contributed by atoms with Gasteiger partial charge in [-0.05, 0) is 66.4 Å². The molecule has 1 amide bonds. The molecule has 1 aliphatic heterocycles. The maximum absolute atomic E-state index is 12.6. The Hall–Kier alpha value is -2.35. The number of para-hydroxylation sites is 1. The van der Waals surface area contributed by atoms with Crippen LogP contribution >= 0.6 is 58.3 Å². The molecule has 9 heteroatoms. The summed E-state index contributed by atoms with van der Waals surface area (Å²) in [6, 6.07) is 21.2. The first-order valence-electron chi connectivity index (χ1n) is 10.7. The molecular weight excluding hydrogens is 541 g/mol. The quantitative estimate of drug-likeness (QED) is 0.191. The molecule has 1 saturated heterocycles. The molecule has 1 aromatic heterocycles. The van der Waals surface area contributed by atoms with Crippen LogP contribution in [-0.4, -0.2) is 21.4 Å². The van der Waals surface area contributed by atoms with E-state index in [1.54, 1.807) is 30.0 Å². The molecule has 35 heavy (non-hydrogen) atoms. The SMILES string of the molecule is O=C1NC(=Nc2ccc(Cl)c(Cl)c2)S/C1=C\c1cn(CCSc2ccc(Cl)cc2)c2ccccc12. The number of carbonyl (C=O) groups excluding carboxylic acids is 1. The van der Waals surface area contributed by atoms with Crippen molar-refractivity contribution in [2.24, 2.45) is 4.99 Å². The van der Waals surface area contributed by atoms with Gasteiger partial charge in [0, 0.05) is 44.9 Å². The van der Waals surface area contributed by atoms with Crippen LogP contribution < -0.4 is 5.32 Å². The number of halogens is 3. The maximum atomic E-state index is 12.6. The fraction of sp³-hybridized carbons (Fsp3) is 0.0769. The smallest absolute Gasteiger partial charge is 0.264 e. The Morgan fingerprint density at radius 3 is 2.60 bits per heavy atom. The highest BCUT2D eigenvalue weighted by atomic mass is 35.5. The second-order valence-electron chi connectivity index (χ2n) is 7.68. The van der Waals surface area contributed by atoms with E-state index in [1.165, 1.54) is 16.7 Å². The summed E-state index contributed by atoms with van der Waals surface area (Å²) in [5, 5.41) is 6.04. The number of aromatic nitrogens is 1. The van der Waals surface area contributed by atoms with Crippen LogP contribution in [0.3, 0.4) is 0 Å². The van der Waals surface area contributed by atoms with E-state index >= 15 is 0 Å². The highest BCUT2D eigenvalue weighted by Gasteiger charge is 2.24. The van der Waals surface area contributed by atoms with E-state index in [0.717, 1.165) is 33.8 Å². The normalized spacial score (nSPS) is 15.9. The lowest BCUT2D eigenvalue weighted by Gasteiger charge is -2.05. The molecule has 4 nitrogen and oxygen atoms in total. The van der Waals surface area contributed by atoms with Gasteiger partial charge < -0.3 is 9.88 Å². The first kappa shape index (κ1) is 24.3. The zero-order valence-corrected chi connectivity index (χ0v) is 22.1. The molecule has 0 radical (unpaired) electrons. The van der Waals surface area contributed by atoms with Gasteiger partial charge in [-0.25, -0.2) is 4.99 Å². The zero-order valence-electron chi connectivity index (χ0n) is 18.2. The van der Waals surface area contributed by atoms with Crippen LogP contribution in [0.25, 0.3) is 17.0 Å². The van der Waals surface area contributed by atoms with Gasteiger partial charge in [0.25, 0.3) is 5.91 Å². The summed E-state index contributed by atoms with van der Waals surface area (Å²) in [5.74, 6) is 0.732. The number of aryl methyl sites for hydroxylation is 1. The molecule has 5 rings (SSSR count). The third kappa shape index (κ3) is 5.74. The monoisotopic (exact) mass is 557 g/mol. The minimum absolute atomic E-state index is 0.177. The van der Waals surface area contributed by atoms with Gasteiger partial charge in [0.05, 0.1) is 20.6 Å². The molecule has 2 heterocycles. The third-order valence-corrected chi connectivity index (χ3v) is 8.20. The lowest BCUT2D eigenvalue weighted by molar-refractivity contribution is -0.115. The van der Waals surface area contributed by atoms with E-state index < -0.39 is 0 Å². The van der Waals surface area contributed by atoms with Crippen molar-refractivity contribution in [1.29, 1.82) is 0 Å². The molecule has 3 aromatic carbocycles. The number of amidine groups is 1. The highest BCUT2D eigenvalue weighted by molar-refractivity contribution is 8.18. The van der Waals surface area contributed by atoms with E-state index in [2.05, 4.69) is 33.2 Å². The van der Waals surface area contributed by atoms with E-state index in [9.17, 15) is 4.79 Å². The van der Waals surface area contributed by atoms with Crippen LogP contribution in [0.2, 0.25) is 15.1 Å². The molecule has 176 valence electrons. The van der Waals surface area contributed by atoms with Gasteiger partial charge in [-0.3, -0.25) is 4.79 Å². The van der Waals surface area contributed by atoms with Crippen molar-refractivity contribution >= 4 is 92.1 Å². The van der Waals surface area contributed by atoms with E-state index in [1.807, 2.05) is 42.5 Å². The standard InChI is InChI=1S/C26H18Cl3N3OS2/c27-17-5-8-19(9-6-17)34-12-11-32-15-16(20-3-1-2-4-23(20)32)13-24-25(33)31-26(35-24)30-18-7-10-21(28)22(29)14-18/h1-10,13-15H,11-12H2,(H,30,31,33)/b24-13-. The van der Waals surface area contributed by atoms with Gasteiger partial charge in [-0.2, -0.15) is 0 Å². The number of thioether (sulfide) groups is 2. The Kier molecular flexibility index (Phi) is 7.46. The van der Waals surface area contributed by atoms with Crippen molar-refractivity contribution in [3.05, 3.63) is 98.5 Å². The van der Waals surface area contributed by atoms with Crippen LogP contribution in [-0.2, 0) is 11.3 Å². The number of nitrogens with zero attached hydrogens (tertiary/aromatic N) is 2. The minimum Gasteiger partial charge on any atom is -0.346 e. The average Bonchev–Trinajstić information content (AvgIpc) is 3.37. The second-order valence-corrected chi connectivity index (χ2v) is 11.1. The van der Waals surface area contributed by atoms with Crippen molar-refractivity contribution in [2.45, 2.75) is 11.4 Å². The molecule has 0 spiro atoms. The Morgan fingerprint density at radius 1 is 1.00 bits per heavy atom. The zero-order chi connectivity index (χ0) is 24.4. The summed E-state index contributed by atoms with van der Waals surface area (Å²) in [4.78, 5) is 18.9. The van der Waals surface area contributed by atoms with E-state index in [-0.39, 0.29) is 5.91 Å². The summed E-state index contributed by atoms with van der Waals surface area (Å²) < 4.78 is 2.23. The van der Waals surface area contributed by atoms with Crippen LogP contribution in [0, 0.1) is 0 Å². The molecule has 1 fully saturated rings. The van der Waals surface area contributed by atoms with Crippen LogP contribution in [0.4, 0.5) is 5.69 Å². The van der Waals surface area contributed by atoms with Gasteiger partial charge in [-0.1, -0.05) is 53.0 Å². The molecular formula is C26H18Cl3N3OS2. The van der Waals surface area contributed by atoms with Crippen LogP contribution in [0.15, 0.2) is 87.7 Å². The Balaban J connectivity index is 1.36. The fourth-order valence-corrected chi connectivity index (χ4v) is 5.76. The number of fused-ring (bicyclic) bond motifs is 1. The summed E-state index contributed by atoms with van der Waals surface area (Å²) >= 11 is 21.1. The Morgan fingerprint density at radius 2 is 1.80 bits per heavy atom. The molecule has 0 bridgehead atoms. The Labute approximate surface area is 226 Å². The number of rotatable bonds is 6. The second kappa shape index (κ2) is 10.7. The van der Waals surface area contributed by atoms with Crippen molar-refractivity contribution < 1.29 is 4.79 Å². The van der Waals surface area contributed by atoms with Crippen LogP contribution in [0.5, 0.6) is 0 Å². The van der Waals surface area contributed by atoms with Crippen molar-refractivity contribution in [3.63, 3.8) is 0 Å². The number of aliphatic imine (C=N–C) groups is 1. The first-order chi connectivity index (χ1) is 17.0. The number of carbonyl (C=O) groups is 1. The molecule has 0 atom stereocenters. The van der Waals surface area contributed by atoms with Gasteiger partial charge in [-0.15, -0.1) is 11.8 Å². The van der Waals surface area contributed by atoms with E-state index in [4.69, 9.17) is 34.8 Å². The van der Waals surface area contributed by atoms with E-state index in [0.29, 0.717) is 25.8 Å². The lowest BCUT2D eigenvalue weighted by Crippen LogP contribution is -2.19. The molecule has 0 unspecified atom stereocenters. The van der Waals surface area contributed by atoms with Gasteiger partial charge in [0.2, 0.25) is 0 Å². The number of nitrogens with one attached hydrogen (secondary N) is 1. The summed E-state index contributed by atoms with van der Waals surface area (Å²) in [7, 11) is 0. The van der Waals surface area contributed by atoms with Gasteiger partial charge >= 0.3 is 0 Å². The lowest BCUT2D eigenvalue weighted by atomic mass is 10.1. The van der Waals surface area contributed by atoms with Gasteiger partial charge in [0.15, 0.2) is 5.17 Å². The summed E-state index contributed by atoms with van der Waals surface area (Å²) in [6.45, 7) is 0.834. The predicted molar refractivity (Wildman–Crippen MR) is 151 cm³/mol. The number of amides is 1. The number of hydrogen-bond acceptors (Lipinski definition) is 4.